The molecule has 0 fully saturated rings. The Balaban J connectivity index is 1.22. The summed E-state index contributed by atoms with van der Waals surface area (Å²) < 4.78 is 4.87. The molecule has 0 saturated heterocycles. The smallest absolute Gasteiger partial charge is 0.160 e. The van der Waals surface area contributed by atoms with E-state index in [1.807, 2.05) is 12.1 Å². The first-order valence-corrected chi connectivity index (χ1v) is 19.8. The Labute approximate surface area is 337 Å². The quantitative estimate of drug-likeness (QED) is 0.170. The lowest BCUT2D eigenvalue weighted by Gasteiger charge is -2.19. The second-order valence-electron chi connectivity index (χ2n) is 15.2. The fourth-order valence-electron chi connectivity index (χ4n) is 8.76. The summed E-state index contributed by atoms with van der Waals surface area (Å²) in [6.07, 6.45) is 0. The van der Waals surface area contributed by atoms with Crippen LogP contribution in [0.1, 0.15) is 11.1 Å². The number of para-hydroxylation sites is 3. The van der Waals surface area contributed by atoms with Gasteiger partial charge in [-0.1, -0.05) is 151 Å². The summed E-state index contributed by atoms with van der Waals surface area (Å²) in [5, 5.41) is 4.95. The summed E-state index contributed by atoms with van der Waals surface area (Å²) in [5.41, 5.74) is 16.4. The van der Waals surface area contributed by atoms with Crippen molar-refractivity contribution in [1.82, 2.24) is 19.1 Å². The van der Waals surface area contributed by atoms with Crippen LogP contribution in [0.2, 0.25) is 0 Å². The second-order valence-corrected chi connectivity index (χ2v) is 15.2. The van der Waals surface area contributed by atoms with Crippen LogP contribution < -0.4 is 0 Å². The molecule has 0 atom stereocenters. The molecule has 0 unspecified atom stereocenters. The van der Waals surface area contributed by atoms with Gasteiger partial charge in [-0.15, -0.1) is 0 Å². The third-order valence-corrected chi connectivity index (χ3v) is 11.5. The largest absolute Gasteiger partial charge is 0.309 e. The number of hydrogen-bond acceptors (Lipinski definition) is 2. The van der Waals surface area contributed by atoms with Crippen LogP contribution >= 0.6 is 0 Å². The SMILES string of the molecule is Cc1ccc2c(c1)c1cc(C)ccc1n2-c1cc(-c2nc(-c3ccccc3)cc(-c3ccccc3)n2)ccc1-c1ccccc1-n1c2ccccc2c2ccccc21. The van der Waals surface area contributed by atoms with E-state index in [2.05, 4.69) is 205 Å². The van der Waals surface area contributed by atoms with E-state index in [0.29, 0.717) is 5.82 Å². The van der Waals surface area contributed by atoms with Gasteiger partial charge in [0.1, 0.15) is 0 Å². The monoisotopic (exact) mass is 742 g/mol. The van der Waals surface area contributed by atoms with Crippen molar-refractivity contribution in [2.75, 3.05) is 0 Å². The highest BCUT2D eigenvalue weighted by atomic mass is 15.0. The fraction of sp³-hybridized carbons (Fsp3) is 0.0370. The van der Waals surface area contributed by atoms with E-state index in [1.54, 1.807) is 0 Å². The molecule has 0 N–H and O–H groups in total. The molecule has 0 amide bonds. The number of aryl methyl sites for hydroxylation is 2. The van der Waals surface area contributed by atoms with Crippen LogP contribution in [0.5, 0.6) is 0 Å². The van der Waals surface area contributed by atoms with Gasteiger partial charge in [0.15, 0.2) is 5.82 Å². The Bertz CT molecular complexity index is 3180. The zero-order valence-electron chi connectivity index (χ0n) is 32.3. The summed E-state index contributed by atoms with van der Waals surface area (Å²) in [6, 6.07) is 69.6. The molecule has 0 saturated carbocycles. The molecule has 4 nitrogen and oxygen atoms in total. The van der Waals surface area contributed by atoms with Gasteiger partial charge < -0.3 is 9.13 Å². The molecular formula is C54H38N4. The summed E-state index contributed by atoms with van der Waals surface area (Å²) in [5.74, 6) is 0.677. The van der Waals surface area contributed by atoms with Gasteiger partial charge in [0, 0.05) is 49.4 Å². The lowest BCUT2D eigenvalue weighted by atomic mass is 9.98. The van der Waals surface area contributed by atoms with Crippen molar-refractivity contribution in [3.05, 3.63) is 205 Å². The van der Waals surface area contributed by atoms with Gasteiger partial charge in [0.05, 0.1) is 44.8 Å². The summed E-state index contributed by atoms with van der Waals surface area (Å²) in [4.78, 5) is 10.5. The van der Waals surface area contributed by atoms with E-state index in [1.165, 1.54) is 43.7 Å². The van der Waals surface area contributed by atoms with Gasteiger partial charge >= 0.3 is 0 Å². The van der Waals surface area contributed by atoms with E-state index >= 15 is 0 Å². The van der Waals surface area contributed by atoms with Crippen LogP contribution in [-0.2, 0) is 0 Å². The van der Waals surface area contributed by atoms with Crippen molar-refractivity contribution in [3.63, 3.8) is 0 Å². The predicted molar refractivity (Wildman–Crippen MR) is 242 cm³/mol. The van der Waals surface area contributed by atoms with E-state index in [-0.39, 0.29) is 0 Å². The average Bonchev–Trinajstić information content (AvgIpc) is 3.78. The normalized spacial score (nSPS) is 11.6. The van der Waals surface area contributed by atoms with Crippen molar-refractivity contribution in [1.29, 1.82) is 0 Å². The van der Waals surface area contributed by atoms with Gasteiger partial charge in [-0.25, -0.2) is 9.97 Å². The Morgan fingerprint density at radius 3 is 1.38 bits per heavy atom. The molecule has 0 aliphatic carbocycles. The summed E-state index contributed by atoms with van der Waals surface area (Å²) in [6.45, 7) is 4.35. The van der Waals surface area contributed by atoms with E-state index in [4.69, 9.17) is 9.97 Å². The molecule has 11 aromatic rings. The Hall–Kier alpha value is -7.56. The van der Waals surface area contributed by atoms with Crippen molar-refractivity contribution < 1.29 is 0 Å². The van der Waals surface area contributed by atoms with Gasteiger partial charge in [-0.2, -0.15) is 0 Å². The van der Waals surface area contributed by atoms with Crippen LogP contribution in [0.25, 0.3) is 100 Å². The molecule has 0 aliphatic heterocycles. The highest BCUT2D eigenvalue weighted by Gasteiger charge is 2.22. The molecule has 3 heterocycles. The maximum atomic E-state index is 5.27. The molecule has 0 radical (unpaired) electrons. The molecule has 0 spiro atoms. The van der Waals surface area contributed by atoms with E-state index in [0.717, 1.165) is 61.6 Å². The first kappa shape index (κ1) is 33.8. The zero-order chi connectivity index (χ0) is 38.7. The van der Waals surface area contributed by atoms with Crippen LogP contribution in [0, 0.1) is 13.8 Å². The number of rotatable bonds is 6. The molecular weight excluding hydrogens is 705 g/mol. The van der Waals surface area contributed by atoms with Crippen molar-refractivity contribution in [2.45, 2.75) is 13.8 Å². The Kier molecular flexibility index (Phi) is 7.90. The highest BCUT2D eigenvalue weighted by Crippen LogP contribution is 2.42. The van der Waals surface area contributed by atoms with Crippen molar-refractivity contribution >= 4 is 43.6 Å². The lowest BCUT2D eigenvalue weighted by Crippen LogP contribution is -2.03. The van der Waals surface area contributed by atoms with E-state index in [9.17, 15) is 0 Å². The minimum atomic E-state index is 0.677. The first-order chi connectivity index (χ1) is 28.6. The highest BCUT2D eigenvalue weighted by molar-refractivity contribution is 6.11. The molecule has 0 aliphatic rings. The fourth-order valence-corrected chi connectivity index (χ4v) is 8.76. The third kappa shape index (κ3) is 5.53. The van der Waals surface area contributed by atoms with Crippen LogP contribution in [-0.4, -0.2) is 19.1 Å². The average molecular weight is 743 g/mol. The lowest BCUT2D eigenvalue weighted by molar-refractivity contribution is 1.15. The number of hydrogen-bond donors (Lipinski definition) is 0. The third-order valence-electron chi connectivity index (χ3n) is 11.5. The van der Waals surface area contributed by atoms with Crippen LogP contribution in [0.4, 0.5) is 0 Å². The van der Waals surface area contributed by atoms with Gasteiger partial charge in [-0.3, -0.25) is 0 Å². The van der Waals surface area contributed by atoms with Gasteiger partial charge in [0.2, 0.25) is 0 Å². The molecule has 58 heavy (non-hydrogen) atoms. The zero-order valence-corrected chi connectivity index (χ0v) is 32.3. The second kappa shape index (κ2) is 13.6. The van der Waals surface area contributed by atoms with Crippen LogP contribution in [0.15, 0.2) is 194 Å². The summed E-state index contributed by atoms with van der Waals surface area (Å²) >= 11 is 0. The number of fused-ring (bicyclic) bond motifs is 6. The Morgan fingerprint density at radius 1 is 0.328 bits per heavy atom. The first-order valence-electron chi connectivity index (χ1n) is 19.8. The van der Waals surface area contributed by atoms with Crippen LogP contribution in [0.3, 0.4) is 0 Å². The minimum absolute atomic E-state index is 0.677. The maximum absolute atomic E-state index is 5.27. The number of nitrogens with zero attached hydrogens (tertiary/aromatic N) is 4. The minimum Gasteiger partial charge on any atom is -0.309 e. The summed E-state index contributed by atoms with van der Waals surface area (Å²) in [7, 11) is 0. The molecule has 0 bridgehead atoms. The van der Waals surface area contributed by atoms with Crippen molar-refractivity contribution in [2.24, 2.45) is 0 Å². The molecule has 11 rings (SSSR count). The standard InChI is InChI=1S/C54H38N4/c1-35-25-29-51-44(31-35)45-32-36(2)26-30-52(45)58(51)53-33-39(54-55-46(37-15-5-3-6-16-37)34-47(56-54)38-17-7-4-8-18-38)27-28-43(53)42-21-11-14-24-50(42)57-48-22-12-9-19-40(48)41-20-10-13-23-49(41)57/h3-34H,1-2H3. The predicted octanol–water partition coefficient (Wildman–Crippen LogP) is 14.0. The van der Waals surface area contributed by atoms with Crippen molar-refractivity contribution in [3.8, 4) is 56.4 Å². The number of aromatic nitrogens is 4. The molecule has 274 valence electrons. The molecule has 8 aromatic carbocycles. The Morgan fingerprint density at radius 2 is 0.793 bits per heavy atom. The van der Waals surface area contributed by atoms with E-state index < -0.39 is 0 Å². The van der Waals surface area contributed by atoms with Gasteiger partial charge in [0.25, 0.3) is 0 Å². The molecule has 3 aromatic heterocycles. The topological polar surface area (TPSA) is 35.6 Å². The molecule has 4 heteroatoms. The maximum Gasteiger partial charge on any atom is 0.160 e. The van der Waals surface area contributed by atoms with Gasteiger partial charge in [-0.05, 0) is 68.4 Å². The number of benzene rings is 8.